The highest BCUT2D eigenvalue weighted by Crippen LogP contribution is 2.37. The lowest BCUT2D eigenvalue weighted by Crippen LogP contribution is -2.07. The average Bonchev–Trinajstić information content (AvgIpc) is 2.54. The minimum Gasteiger partial charge on any atom is -0.493 e. The zero-order chi connectivity index (χ0) is 16.7. The van der Waals surface area contributed by atoms with E-state index in [0.717, 1.165) is 23.3 Å². The van der Waals surface area contributed by atoms with Crippen LogP contribution < -0.4 is 14.2 Å². The summed E-state index contributed by atoms with van der Waals surface area (Å²) in [6, 6.07) is 13.4. The van der Waals surface area contributed by atoms with Crippen molar-refractivity contribution in [2.45, 2.75) is 33.8 Å². The molecule has 2 aromatic carbocycles. The van der Waals surface area contributed by atoms with Crippen LogP contribution in [-0.4, -0.2) is 12.6 Å². The van der Waals surface area contributed by atoms with Crippen molar-refractivity contribution in [1.29, 1.82) is 0 Å². The fraction of sp³-hybridized carbons (Fsp3) is 0.316. The van der Waals surface area contributed by atoms with Crippen molar-refractivity contribution in [3.05, 3.63) is 53.6 Å². The minimum atomic E-state index is -0.379. The van der Waals surface area contributed by atoms with Gasteiger partial charge in [-0.15, -0.1) is 0 Å². The van der Waals surface area contributed by atoms with Crippen LogP contribution in [0.3, 0.4) is 0 Å². The standard InChI is InChI=1S/C19H22O4/c1-4-12-21-17-10-11-18(23-15(3)20)19(14(17)2)22-13-16-8-6-5-7-9-16/h5-11H,4,12-13H2,1-3H3. The van der Waals surface area contributed by atoms with Gasteiger partial charge >= 0.3 is 5.97 Å². The zero-order valence-corrected chi connectivity index (χ0v) is 13.8. The first-order chi connectivity index (χ1) is 11.1. The third-order valence-electron chi connectivity index (χ3n) is 3.26. The Bertz CT molecular complexity index is 650. The molecule has 23 heavy (non-hydrogen) atoms. The van der Waals surface area contributed by atoms with Crippen LogP contribution in [-0.2, 0) is 11.4 Å². The molecular weight excluding hydrogens is 292 g/mol. The van der Waals surface area contributed by atoms with Crippen LogP contribution in [0, 0.1) is 6.92 Å². The summed E-state index contributed by atoms with van der Waals surface area (Å²) in [5.41, 5.74) is 1.87. The van der Waals surface area contributed by atoms with Crippen LogP contribution in [0.2, 0.25) is 0 Å². The topological polar surface area (TPSA) is 44.8 Å². The van der Waals surface area contributed by atoms with E-state index >= 15 is 0 Å². The molecule has 0 atom stereocenters. The van der Waals surface area contributed by atoms with Gasteiger partial charge in [-0.25, -0.2) is 0 Å². The molecule has 0 radical (unpaired) electrons. The highest BCUT2D eigenvalue weighted by atomic mass is 16.6. The van der Waals surface area contributed by atoms with E-state index in [1.165, 1.54) is 6.92 Å². The second-order valence-electron chi connectivity index (χ2n) is 5.23. The maximum Gasteiger partial charge on any atom is 0.308 e. The molecule has 0 aliphatic carbocycles. The Morgan fingerprint density at radius 2 is 1.70 bits per heavy atom. The van der Waals surface area contributed by atoms with Gasteiger partial charge in [-0.1, -0.05) is 37.3 Å². The van der Waals surface area contributed by atoms with Crippen molar-refractivity contribution >= 4 is 5.97 Å². The Morgan fingerprint density at radius 1 is 1.00 bits per heavy atom. The van der Waals surface area contributed by atoms with Crippen LogP contribution in [0.25, 0.3) is 0 Å². The SMILES string of the molecule is CCCOc1ccc(OC(C)=O)c(OCc2ccccc2)c1C. The summed E-state index contributed by atoms with van der Waals surface area (Å²) in [4.78, 5) is 11.3. The summed E-state index contributed by atoms with van der Waals surface area (Å²) in [6.07, 6.45) is 0.922. The number of carbonyl (C=O) groups is 1. The van der Waals surface area contributed by atoms with Crippen molar-refractivity contribution in [3.63, 3.8) is 0 Å². The Balaban J connectivity index is 2.25. The molecule has 0 aromatic heterocycles. The van der Waals surface area contributed by atoms with E-state index in [-0.39, 0.29) is 5.97 Å². The van der Waals surface area contributed by atoms with Gasteiger partial charge in [-0.2, -0.15) is 0 Å². The molecule has 4 nitrogen and oxygen atoms in total. The summed E-state index contributed by atoms with van der Waals surface area (Å²) >= 11 is 0. The summed E-state index contributed by atoms with van der Waals surface area (Å²) < 4.78 is 16.9. The van der Waals surface area contributed by atoms with E-state index in [9.17, 15) is 4.79 Å². The molecule has 0 aliphatic rings. The molecule has 0 heterocycles. The third kappa shape index (κ3) is 4.74. The molecular formula is C19H22O4. The van der Waals surface area contributed by atoms with Crippen molar-refractivity contribution in [3.8, 4) is 17.2 Å². The van der Waals surface area contributed by atoms with Gasteiger partial charge in [-0.05, 0) is 31.0 Å². The van der Waals surface area contributed by atoms with Crippen LogP contribution >= 0.6 is 0 Å². The number of hydrogen-bond acceptors (Lipinski definition) is 4. The fourth-order valence-corrected chi connectivity index (χ4v) is 2.16. The van der Waals surface area contributed by atoms with E-state index in [1.54, 1.807) is 12.1 Å². The Morgan fingerprint density at radius 3 is 2.35 bits per heavy atom. The van der Waals surface area contributed by atoms with Crippen LogP contribution in [0.15, 0.2) is 42.5 Å². The predicted octanol–water partition coefficient (Wildman–Crippen LogP) is 4.29. The average molecular weight is 314 g/mol. The lowest BCUT2D eigenvalue weighted by atomic mass is 10.1. The van der Waals surface area contributed by atoms with Gasteiger partial charge in [0.2, 0.25) is 0 Å². The first kappa shape index (κ1) is 16.9. The second kappa shape index (κ2) is 8.22. The molecule has 0 saturated heterocycles. The number of esters is 1. The van der Waals surface area contributed by atoms with Gasteiger partial charge in [0.05, 0.1) is 6.61 Å². The zero-order valence-electron chi connectivity index (χ0n) is 13.8. The molecule has 0 unspecified atom stereocenters. The highest BCUT2D eigenvalue weighted by molar-refractivity contribution is 5.71. The quantitative estimate of drug-likeness (QED) is 0.565. The lowest BCUT2D eigenvalue weighted by molar-refractivity contribution is -0.132. The van der Waals surface area contributed by atoms with Crippen molar-refractivity contribution in [2.75, 3.05) is 6.61 Å². The summed E-state index contributed by atoms with van der Waals surface area (Å²) in [5.74, 6) is 1.31. The third-order valence-corrected chi connectivity index (χ3v) is 3.26. The van der Waals surface area contributed by atoms with E-state index < -0.39 is 0 Å². The maximum absolute atomic E-state index is 11.3. The normalized spacial score (nSPS) is 10.2. The molecule has 0 fully saturated rings. The number of rotatable bonds is 7. The van der Waals surface area contributed by atoms with Gasteiger partial charge in [-0.3, -0.25) is 4.79 Å². The Labute approximate surface area is 137 Å². The van der Waals surface area contributed by atoms with Crippen LogP contribution in [0.4, 0.5) is 0 Å². The van der Waals surface area contributed by atoms with Gasteiger partial charge in [0.15, 0.2) is 11.5 Å². The molecule has 0 saturated carbocycles. The van der Waals surface area contributed by atoms with Gasteiger partial charge in [0.1, 0.15) is 12.4 Å². The van der Waals surface area contributed by atoms with Crippen LogP contribution in [0.1, 0.15) is 31.4 Å². The van der Waals surface area contributed by atoms with Gasteiger partial charge in [0, 0.05) is 12.5 Å². The van der Waals surface area contributed by atoms with Gasteiger partial charge < -0.3 is 14.2 Å². The van der Waals surface area contributed by atoms with E-state index in [0.29, 0.717) is 24.7 Å². The number of benzene rings is 2. The summed E-state index contributed by atoms with van der Waals surface area (Å²) in [6.45, 7) is 6.35. The molecule has 2 rings (SSSR count). The number of hydrogen-bond donors (Lipinski definition) is 0. The maximum atomic E-state index is 11.3. The van der Waals surface area contributed by atoms with Crippen LogP contribution in [0.5, 0.6) is 17.2 Å². The predicted molar refractivity (Wildman–Crippen MR) is 89.0 cm³/mol. The smallest absolute Gasteiger partial charge is 0.308 e. The molecule has 0 spiro atoms. The Hall–Kier alpha value is -2.49. The minimum absolute atomic E-state index is 0.379. The molecule has 2 aromatic rings. The molecule has 0 N–H and O–H groups in total. The first-order valence-electron chi connectivity index (χ1n) is 7.73. The molecule has 4 heteroatoms. The number of carbonyl (C=O) groups excluding carboxylic acids is 1. The van der Waals surface area contributed by atoms with Crippen molar-refractivity contribution in [1.82, 2.24) is 0 Å². The Kier molecular flexibility index (Phi) is 6.03. The molecule has 0 amide bonds. The van der Waals surface area contributed by atoms with Crippen molar-refractivity contribution < 1.29 is 19.0 Å². The summed E-state index contributed by atoms with van der Waals surface area (Å²) in [7, 11) is 0. The molecule has 122 valence electrons. The van der Waals surface area contributed by atoms with E-state index in [2.05, 4.69) is 6.92 Å². The second-order valence-corrected chi connectivity index (χ2v) is 5.23. The largest absolute Gasteiger partial charge is 0.493 e. The first-order valence-corrected chi connectivity index (χ1v) is 7.73. The lowest BCUT2D eigenvalue weighted by Gasteiger charge is -2.17. The molecule has 0 aliphatic heterocycles. The fourth-order valence-electron chi connectivity index (χ4n) is 2.16. The van der Waals surface area contributed by atoms with E-state index in [4.69, 9.17) is 14.2 Å². The van der Waals surface area contributed by atoms with Gasteiger partial charge in [0.25, 0.3) is 0 Å². The van der Waals surface area contributed by atoms with Crippen molar-refractivity contribution in [2.24, 2.45) is 0 Å². The van der Waals surface area contributed by atoms with E-state index in [1.807, 2.05) is 37.3 Å². The highest BCUT2D eigenvalue weighted by Gasteiger charge is 2.15. The monoisotopic (exact) mass is 314 g/mol. The number of ether oxygens (including phenoxy) is 3. The summed E-state index contributed by atoms with van der Waals surface area (Å²) in [5, 5.41) is 0. The molecule has 0 bridgehead atoms.